The number of nitrogens with zero attached hydrogens (tertiary/aromatic N) is 6. The molecule has 3 aromatic rings. The number of ether oxygens (including phenoxy) is 1. The molecule has 15 heteroatoms. The molecule has 4 heterocycles. The fourth-order valence-electron chi connectivity index (χ4n) is 4.69. The quantitative estimate of drug-likeness (QED) is 0.420. The summed E-state index contributed by atoms with van der Waals surface area (Å²) in [5.41, 5.74) is 1.25. The van der Waals surface area contributed by atoms with Crippen molar-refractivity contribution in [1.29, 1.82) is 0 Å². The lowest BCUT2D eigenvalue weighted by molar-refractivity contribution is -0.274. The van der Waals surface area contributed by atoms with Crippen molar-refractivity contribution < 1.29 is 36.6 Å². The van der Waals surface area contributed by atoms with Crippen LogP contribution in [0.25, 0.3) is 11.4 Å². The molecule has 0 spiro atoms. The monoisotopic (exact) mass is 556 g/mol. The molecule has 1 N–H and O–H groups in total. The van der Waals surface area contributed by atoms with Crippen LogP contribution in [0.3, 0.4) is 0 Å². The van der Waals surface area contributed by atoms with E-state index in [2.05, 4.69) is 20.0 Å². The molecule has 4 rings (SSSR count). The summed E-state index contributed by atoms with van der Waals surface area (Å²) in [6.45, 7) is 1.14. The van der Waals surface area contributed by atoms with Crippen LogP contribution < -0.4 is 15.2 Å². The van der Waals surface area contributed by atoms with Crippen LogP contribution in [0.5, 0.6) is 5.75 Å². The van der Waals surface area contributed by atoms with Gasteiger partial charge in [-0.15, -0.1) is 18.3 Å². The van der Waals surface area contributed by atoms with Gasteiger partial charge in [-0.3, -0.25) is 9.59 Å². The number of halogens is 5. The van der Waals surface area contributed by atoms with Gasteiger partial charge >= 0.3 is 12.3 Å². The van der Waals surface area contributed by atoms with Crippen LogP contribution in [0.2, 0.25) is 0 Å². The molecule has 0 bridgehead atoms. The molecular formula is C24H25F5N6O4. The Bertz CT molecular complexity index is 1420. The van der Waals surface area contributed by atoms with E-state index in [9.17, 15) is 31.5 Å². The van der Waals surface area contributed by atoms with Gasteiger partial charge in [0.2, 0.25) is 0 Å². The summed E-state index contributed by atoms with van der Waals surface area (Å²) in [6.07, 6.45) is -4.54. The zero-order valence-electron chi connectivity index (χ0n) is 21.0. The van der Waals surface area contributed by atoms with E-state index in [4.69, 9.17) is 5.11 Å². The number of alkyl halides is 5. The lowest BCUT2D eigenvalue weighted by Gasteiger charge is -2.39. The van der Waals surface area contributed by atoms with Gasteiger partial charge in [0.1, 0.15) is 11.4 Å². The average Bonchev–Trinajstić information content (AvgIpc) is 3.18. The van der Waals surface area contributed by atoms with Gasteiger partial charge in [-0.2, -0.15) is 0 Å². The van der Waals surface area contributed by atoms with Gasteiger partial charge < -0.3 is 19.3 Å². The van der Waals surface area contributed by atoms with E-state index in [0.29, 0.717) is 29.2 Å². The van der Waals surface area contributed by atoms with Crippen LogP contribution in [0.1, 0.15) is 31.2 Å². The van der Waals surface area contributed by atoms with Crippen LogP contribution in [0.4, 0.5) is 27.6 Å². The first-order valence-corrected chi connectivity index (χ1v) is 11.9. The molecule has 1 saturated heterocycles. The second-order valence-corrected chi connectivity index (χ2v) is 9.31. The largest absolute Gasteiger partial charge is 0.573 e. The van der Waals surface area contributed by atoms with Gasteiger partial charge in [-0.05, 0) is 30.5 Å². The lowest BCUT2D eigenvalue weighted by Crippen LogP contribution is -2.48. The van der Waals surface area contributed by atoms with Gasteiger partial charge in [0.05, 0.1) is 48.5 Å². The predicted molar refractivity (Wildman–Crippen MR) is 128 cm³/mol. The summed E-state index contributed by atoms with van der Waals surface area (Å²) >= 11 is 0. The number of hydrogen-bond donors (Lipinski definition) is 1. The van der Waals surface area contributed by atoms with Gasteiger partial charge in [0.25, 0.3) is 11.5 Å². The fourth-order valence-corrected chi connectivity index (χ4v) is 4.69. The van der Waals surface area contributed by atoms with Crippen LogP contribution >= 0.6 is 0 Å². The molecule has 0 amide bonds. The first-order valence-electron chi connectivity index (χ1n) is 11.9. The number of hydrogen-bond acceptors (Lipinski definition) is 7. The van der Waals surface area contributed by atoms with Gasteiger partial charge in [-0.25, -0.2) is 18.4 Å². The van der Waals surface area contributed by atoms with Crippen molar-refractivity contribution in [2.24, 2.45) is 13.0 Å². The zero-order chi connectivity index (χ0) is 28.5. The summed E-state index contributed by atoms with van der Waals surface area (Å²) in [5, 5.41) is 17.2. The van der Waals surface area contributed by atoms with Crippen LogP contribution in [0, 0.1) is 5.92 Å². The van der Waals surface area contributed by atoms with Crippen molar-refractivity contribution in [1.82, 2.24) is 24.5 Å². The Labute approximate surface area is 218 Å². The number of aryl methyl sites for hydroxylation is 2. The van der Waals surface area contributed by atoms with Crippen molar-refractivity contribution in [3.05, 3.63) is 52.2 Å². The molecule has 10 nitrogen and oxygen atoms in total. The van der Waals surface area contributed by atoms with E-state index in [0.717, 1.165) is 22.9 Å². The number of carbonyl (C=O) groups is 1. The average molecular weight is 556 g/mol. The summed E-state index contributed by atoms with van der Waals surface area (Å²) in [7, 11) is 1.54. The lowest BCUT2D eigenvalue weighted by atomic mass is 9.91. The first-order chi connectivity index (χ1) is 18.2. The molecular weight excluding hydrogens is 531 g/mol. The molecule has 0 aromatic carbocycles. The SMILES string of the molecule is CCc1nc(-c2nnn(C)c2Cn2cc(OC(F)(F)F)ccc2=O)ccc1N1C[C@@H](CC(=O)O)CC(F)(F)C1. The number of pyridine rings is 2. The van der Waals surface area contributed by atoms with E-state index in [-0.39, 0.29) is 25.2 Å². The van der Waals surface area contributed by atoms with E-state index >= 15 is 0 Å². The third kappa shape index (κ3) is 6.70. The van der Waals surface area contributed by atoms with E-state index in [1.807, 2.05) is 0 Å². The summed E-state index contributed by atoms with van der Waals surface area (Å²) < 4.78 is 73.1. The highest BCUT2D eigenvalue weighted by molar-refractivity contribution is 5.67. The normalized spacial score (nSPS) is 17.3. The third-order valence-corrected chi connectivity index (χ3v) is 6.27. The van der Waals surface area contributed by atoms with Crippen LogP contribution in [-0.4, -0.2) is 61.0 Å². The van der Waals surface area contributed by atoms with Gasteiger partial charge in [0, 0.05) is 26.1 Å². The second-order valence-electron chi connectivity index (χ2n) is 9.31. The summed E-state index contributed by atoms with van der Waals surface area (Å²) in [5.74, 6) is -5.53. The summed E-state index contributed by atoms with van der Waals surface area (Å²) in [6, 6.07) is 5.00. The Hall–Kier alpha value is -4.04. The minimum Gasteiger partial charge on any atom is -0.481 e. The summed E-state index contributed by atoms with van der Waals surface area (Å²) in [4.78, 5) is 29.5. The van der Waals surface area contributed by atoms with Crippen molar-refractivity contribution in [2.75, 3.05) is 18.0 Å². The highest BCUT2D eigenvalue weighted by Gasteiger charge is 2.41. The second kappa shape index (κ2) is 10.6. The molecule has 3 aromatic heterocycles. The van der Waals surface area contributed by atoms with Crippen molar-refractivity contribution in [3.63, 3.8) is 0 Å². The van der Waals surface area contributed by atoms with E-state index < -0.39 is 48.4 Å². The molecule has 1 aliphatic heterocycles. The molecule has 0 saturated carbocycles. The Morgan fingerprint density at radius 3 is 2.64 bits per heavy atom. The molecule has 0 radical (unpaired) electrons. The Morgan fingerprint density at radius 1 is 1.23 bits per heavy atom. The number of aliphatic carboxylic acids is 1. The number of piperidine rings is 1. The smallest absolute Gasteiger partial charge is 0.481 e. The standard InChI is InChI=1S/C24H25F5N6O4/c1-3-16-18(35-10-14(8-21(37)38)9-23(25,26)13-35)6-5-17(30-16)22-19(33(2)32-31-22)12-34-11-15(4-7-20(34)36)39-24(27,28)29/h4-7,11,14H,3,8-10,12-13H2,1-2H3,(H,37,38)/t14-/m0/s1. The molecule has 1 atom stereocenters. The molecule has 210 valence electrons. The highest BCUT2D eigenvalue weighted by atomic mass is 19.4. The van der Waals surface area contributed by atoms with E-state index in [1.54, 1.807) is 26.1 Å². The Balaban J connectivity index is 1.65. The van der Waals surface area contributed by atoms with Gasteiger partial charge in [0.15, 0.2) is 0 Å². The topological polar surface area (TPSA) is 115 Å². The fraction of sp³-hybridized carbons (Fsp3) is 0.458. The number of rotatable bonds is 8. The number of aromatic nitrogens is 5. The van der Waals surface area contributed by atoms with Crippen molar-refractivity contribution >= 4 is 11.7 Å². The maximum absolute atomic E-state index is 14.5. The van der Waals surface area contributed by atoms with Crippen molar-refractivity contribution in [3.8, 4) is 17.1 Å². The van der Waals surface area contributed by atoms with Gasteiger partial charge in [-0.1, -0.05) is 12.1 Å². The van der Waals surface area contributed by atoms with Crippen LogP contribution in [-0.2, 0) is 24.8 Å². The maximum atomic E-state index is 14.5. The number of anilines is 1. The molecule has 39 heavy (non-hydrogen) atoms. The Kier molecular flexibility index (Phi) is 7.61. The van der Waals surface area contributed by atoms with Crippen molar-refractivity contribution in [2.45, 2.75) is 45.0 Å². The van der Waals surface area contributed by atoms with Crippen LogP contribution in [0.15, 0.2) is 35.3 Å². The minimum atomic E-state index is -4.93. The zero-order valence-corrected chi connectivity index (χ0v) is 21.0. The molecule has 0 aliphatic carbocycles. The molecule has 1 aliphatic rings. The highest BCUT2D eigenvalue weighted by Crippen LogP contribution is 2.36. The number of carboxylic acids is 1. The Morgan fingerprint density at radius 2 is 1.97 bits per heavy atom. The molecule has 1 fully saturated rings. The number of carboxylic acid groups (broad SMARTS) is 1. The minimum absolute atomic E-state index is 0.131. The predicted octanol–water partition coefficient (Wildman–Crippen LogP) is 3.48. The third-order valence-electron chi connectivity index (χ3n) is 6.27. The molecule has 0 unspecified atom stereocenters. The first kappa shape index (κ1) is 28.0. The van der Waals surface area contributed by atoms with E-state index in [1.165, 1.54) is 9.58 Å². The maximum Gasteiger partial charge on any atom is 0.573 e.